The summed E-state index contributed by atoms with van der Waals surface area (Å²) in [5.41, 5.74) is 5.64. The number of nitrogens with one attached hydrogen (secondary N) is 1. The zero-order valence-electron chi connectivity index (χ0n) is 15.0. The second kappa shape index (κ2) is 8.25. The highest BCUT2D eigenvalue weighted by molar-refractivity contribution is 5.84. The van der Waals surface area contributed by atoms with Gasteiger partial charge >= 0.3 is 0 Å². The lowest BCUT2D eigenvalue weighted by Crippen LogP contribution is -2.42. The summed E-state index contributed by atoms with van der Waals surface area (Å²) in [4.78, 5) is 14.0. The van der Waals surface area contributed by atoms with Gasteiger partial charge < -0.3 is 9.30 Å². The van der Waals surface area contributed by atoms with E-state index in [-0.39, 0.29) is 11.7 Å². The van der Waals surface area contributed by atoms with E-state index in [9.17, 15) is 9.18 Å². The van der Waals surface area contributed by atoms with E-state index in [1.54, 1.807) is 24.4 Å². The van der Waals surface area contributed by atoms with Gasteiger partial charge in [-0.05, 0) is 32.0 Å². The molecule has 1 aliphatic rings. The summed E-state index contributed by atoms with van der Waals surface area (Å²) >= 11 is 0. The maximum atomic E-state index is 14.1. The van der Waals surface area contributed by atoms with Crippen LogP contribution in [0.1, 0.15) is 17.0 Å². The molecule has 2 heterocycles. The van der Waals surface area contributed by atoms with Gasteiger partial charge in [-0.2, -0.15) is 5.10 Å². The lowest BCUT2D eigenvalue weighted by molar-refractivity contribution is -0.123. The molecule has 26 heavy (non-hydrogen) atoms. The first kappa shape index (κ1) is 18.3. The molecule has 0 atom stereocenters. The van der Waals surface area contributed by atoms with Crippen molar-refractivity contribution in [1.29, 1.82) is 0 Å². The molecule has 3 rings (SSSR count). The number of aryl methyl sites for hydroxylation is 1. The van der Waals surface area contributed by atoms with Gasteiger partial charge in [-0.1, -0.05) is 12.1 Å². The van der Waals surface area contributed by atoms with Crippen molar-refractivity contribution < 1.29 is 13.9 Å². The van der Waals surface area contributed by atoms with Gasteiger partial charge in [-0.15, -0.1) is 0 Å². The number of hydrazone groups is 1. The Hall–Kier alpha value is -2.51. The minimum absolute atomic E-state index is 0.161. The summed E-state index contributed by atoms with van der Waals surface area (Å²) in [6, 6.07) is 8.56. The van der Waals surface area contributed by atoms with Crippen LogP contribution in [-0.2, 0) is 9.53 Å². The third-order valence-electron chi connectivity index (χ3n) is 4.43. The molecule has 0 unspecified atom stereocenters. The number of rotatable bonds is 5. The molecule has 2 aromatic rings. The van der Waals surface area contributed by atoms with Gasteiger partial charge in [0.2, 0.25) is 0 Å². The smallest absolute Gasteiger partial charge is 0.254 e. The first-order chi connectivity index (χ1) is 12.6. The molecular formula is C19H23FN4O2. The Morgan fingerprint density at radius 1 is 1.31 bits per heavy atom. The molecule has 0 saturated carbocycles. The van der Waals surface area contributed by atoms with Crippen molar-refractivity contribution in [3.05, 3.63) is 53.1 Å². The number of nitrogens with zero attached hydrogens (tertiary/aromatic N) is 3. The highest BCUT2D eigenvalue weighted by Crippen LogP contribution is 2.21. The summed E-state index contributed by atoms with van der Waals surface area (Å²) in [6.07, 6.45) is 1.59. The van der Waals surface area contributed by atoms with Crippen LogP contribution >= 0.6 is 0 Å². The van der Waals surface area contributed by atoms with Gasteiger partial charge in [-0.25, -0.2) is 9.82 Å². The zero-order valence-corrected chi connectivity index (χ0v) is 15.0. The number of benzene rings is 1. The second-order valence-electron chi connectivity index (χ2n) is 6.29. The predicted molar refractivity (Wildman–Crippen MR) is 98.2 cm³/mol. The molecule has 1 aromatic carbocycles. The molecule has 0 spiro atoms. The lowest BCUT2D eigenvalue weighted by atomic mass is 10.2. The minimum Gasteiger partial charge on any atom is -0.379 e. The quantitative estimate of drug-likeness (QED) is 0.657. The van der Waals surface area contributed by atoms with Crippen molar-refractivity contribution in [2.75, 3.05) is 32.8 Å². The Morgan fingerprint density at radius 3 is 2.77 bits per heavy atom. The van der Waals surface area contributed by atoms with Crippen LogP contribution in [0.3, 0.4) is 0 Å². The summed E-state index contributed by atoms with van der Waals surface area (Å²) in [5.74, 6) is -0.442. The number of morpholine rings is 1. The van der Waals surface area contributed by atoms with Gasteiger partial charge in [0.25, 0.3) is 5.91 Å². The van der Waals surface area contributed by atoms with Crippen molar-refractivity contribution in [3.8, 4) is 5.69 Å². The largest absolute Gasteiger partial charge is 0.379 e. The minimum atomic E-state index is -0.281. The van der Waals surface area contributed by atoms with Gasteiger partial charge in [0.15, 0.2) is 0 Å². The molecule has 0 radical (unpaired) electrons. The Kier molecular flexibility index (Phi) is 5.80. The van der Waals surface area contributed by atoms with Gasteiger partial charge in [0, 0.05) is 30.0 Å². The number of ether oxygens (including phenoxy) is 1. The summed E-state index contributed by atoms with van der Waals surface area (Å²) in [6.45, 7) is 6.91. The maximum Gasteiger partial charge on any atom is 0.254 e. The van der Waals surface area contributed by atoms with E-state index in [0.29, 0.717) is 25.4 Å². The first-order valence-electron chi connectivity index (χ1n) is 8.62. The van der Waals surface area contributed by atoms with E-state index in [1.807, 2.05) is 29.4 Å². The fourth-order valence-electron chi connectivity index (χ4n) is 3.09. The summed E-state index contributed by atoms with van der Waals surface area (Å²) in [5, 5.41) is 4.05. The number of aromatic nitrogens is 1. The van der Waals surface area contributed by atoms with E-state index < -0.39 is 0 Å². The molecule has 1 saturated heterocycles. The van der Waals surface area contributed by atoms with Crippen LogP contribution < -0.4 is 5.43 Å². The normalized spacial score (nSPS) is 15.5. The van der Waals surface area contributed by atoms with Crippen LogP contribution in [-0.4, -0.2) is 54.4 Å². The molecule has 1 N–H and O–H groups in total. The van der Waals surface area contributed by atoms with E-state index in [0.717, 1.165) is 30.0 Å². The van der Waals surface area contributed by atoms with Crippen molar-refractivity contribution in [1.82, 2.24) is 14.9 Å². The average Bonchev–Trinajstić information content (AvgIpc) is 2.90. The third kappa shape index (κ3) is 4.17. The Labute approximate surface area is 152 Å². The summed E-state index contributed by atoms with van der Waals surface area (Å²) in [7, 11) is 0. The summed E-state index contributed by atoms with van der Waals surface area (Å²) < 4.78 is 21.2. The fourth-order valence-corrected chi connectivity index (χ4v) is 3.09. The average molecular weight is 358 g/mol. The fraction of sp³-hybridized carbons (Fsp3) is 0.368. The molecule has 6 nitrogen and oxygen atoms in total. The van der Waals surface area contributed by atoms with Crippen LogP contribution in [0.15, 0.2) is 35.4 Å². The van der Waals surface area contributed by atoms with Crippen molar-refractivity contribution in [2.24, 2.45) is 5.10 Å². The van der Waals surface area contributed by atoms with Crippen LogP contribution in [0.2, 0.25) is 0 Å². The number of carbonyl (C=O) groups excluding carboxylic acids is 1. The third-order valence-corrected chi connectivity index (χ3v) is 4.43. The monoisotopic (exact) mass is 358 g/mol. The first-order valence-corrected chi connectivity index (χ1v) is 8.62. The molecule has 1 aromatic heterocycles. The molecule has 1 amide bonds. The second-order valence-corrected chi connectivity index (χ2v) is 6.29. The SMILES string of the molecule is Cc1cc(/C=N/NC(=O)CN2CCOCC2)c(C)n1-c1ccccc1F. The number of para-hydroxylation sites is 1. The van der Waals surface area contributed by atoms with E-state index in [1.165, 1.54) is 6.07 Å². The van der Waals surface area contributed by atoms with Crippen LogP contribution in [0, 0.1) is 19.7 Å². The standard InChI is InChI=1S/C19H23FN4O2/c1-14-11-16(15(2)24(14)18-6-4-3-5-17(18)20)12-21-22-19(25)13-23-7-9-26-10-8-23/h3-6,11-12H,7-10,13H2,1-2H3,(H,22,25)/b21-12+. The highest BCUT2D eigenvalue weighted by Gasteiger charge is 2.14. The van der Waals surface area contributed by atoms with Gasteiger partial charge in [0.1, 0.15) is 5.82 Å². The van der Waals surface area contributed by atoms with Crippen LogP contribution in [0.4, 0.5) is 4.39 Å². The van der Waals surface area contributed by atoms with Crippen LogP contribution in [0.25, 0.3) is 5.69 Å². The predicted octanol–water partition coefficient (Wildman–Crippen LogP) is 2.02. The number of hydrogen-bond donors (Lipinski definition) is 1. The number of carbonyl (C=O) groups is 1. The Morgan fingerprint density at radius 2 is 2.04 bits per heavy atom. The van der Waals surface area contributed by atoms with E-state index >= 15 is 0 Å². The van der Waals surface area contributed by atoms with Crippen molar-refractivity contribution in [3.63, 3.8) is 0 Å². The topological polar surface area (TPSA) is 58.9 Å². The lowest BCUT2D eigenvalue weighted by Gasteiger charge is -2.25. The highest BCUT2D eigenvalue weighted by atomic mass is 19.1. The molecule has 1 aliphatic heterocycles. The van der Waals surface area contributed by atoms with Crippen molar-refractivity contribution in [2.45, 2.75) is 13.8 Å². The van der Waals surface area contributed by atoms with Gasteiger partial charge in [-0.3, -0.25) is 9.69 Å². The molecule has 0 aliphatic carbocycles. The van der Waals surface area contributed by atoms with E-state index in [2.05, 4.69) is 10.5 Å². The van der Waals surface area contributed by atoms with E-state index in [4.69, 9.17) is 4.74 Å². The Bertz CT molecular complexity index is 810. The van der Waals surface area contributed by atoms with Crippen molar-refractivity contribution >= 4 is 12.1 Å². The maximum absolute atomic E-state index is 14.1. The number of hydrogen-bond acceptors (Lipinski definition) is 4. The molecule has 1 fully saturated rings. The number of halogens is 1. The molecule has 138 valence electrons. The van der Waals surface area contributed by atoms with Gasteiger partial charge in [0.05, 0.1) is 31.7 Å². The molecule has 7 heteroatoms. The Balaban J connectivity index is 1.67. The molecule has 0 bridgehead atoms. The zero-order chi connectivity index (χ0) is 18.5. The molecular weight excluding hydrogens is 335 g/mol. The number of amides is 1. The van der Waals surface area contributed by atoms with Crippen LogP contribution in [0.5, 0.6) is 0 Å².